The van der Waals surface area contributed by atoms with Crippen LogP contribution in [0.2, 0.25) is 0 Å². The van der Waals surface area contributed by atoms with Crippen LogP contribution in [0, 0.1) is 18.8 Å². The zero-order chi connectivity index (χ0) is 13.2. The van der Waals surface area contributed by atoms with Crippen molar-refractivity contribution in [1.82, 2.24) is 5.32 Å². The van der Waals surface area contributed by atoms with Crippen LogP contribution in [-0.4, -0.2) is 17.7 Å². The predicted molar refractivity (Wildman–Crippen MR) is 79.3 cm³/mol. The number of carbonyl (C=O) groups excluding carboxylic acids is 1. The Balaban J connectivity index is 1.45. The van der Waals surface area contributed by atoms with Crippen LogP contribution in [0.4, 0.5) is 0 Å². The van der Waals surface area contributed by atoms with E-state index in [9.17, 15) is 4.79 Å². The highest BCUT2D eigenvalue weighted by Crippen LogP contribution is 2.44. The Morgan fingerprint density at radius 1 is 1.26 bits per heavy atom. The number of amides is 1. The number of hydrogen-bond acceptors (Lipinski definition) is 2. The van der Waals surface area contributed by atoms with Crippen molar-refractivity contribution in [3.63, 3.8) is 0 Å². The van der Waals surface area contributed by atoms with Crippen LogP contribution in [0.15, 0.2) is 29.2 Å². The van der Waals surface area contributed by atoms with Crippen LogP contribution in [0.25, 0.3) is 0 Å². The van der Waals surface area contributed by atoms with Gasteiger partial charge in [0.1, 0.15) is 0 Å². The average Bonchev–Trinajstić information content (AvgIpc) is 3.00. The SMILES string of the molecule is Cc1ccc(SCC(=O)N[C@@H]2C[C@H]3CC[C@@H]2C3)cc1. The van der Waals surface area contributed by atoms with Crippen LogP contribution in [0.5, 0.6) is 0 Å². The van der Waals surface area contributed by atoms with Gasteiger partial charge in [-0.15, -0.1) is 11.8 Å². The van der Waals surface area contributed by atoms with Crippen LogP contribution >= 0.6 is 11.8 Å². The van der Waals surface area contributed by atoms with E-state index in [-0.39, 0.29) is 5.91 Å². The first kappa shape index (κ1) is 13.0. The highest BCUT2D eigenvalue weighted by Gasteiger charge is 2.39. The van der Waals surface area contributed by atoms with Gasteiger partial charge in [0.25, 0.3) is 0 Å². The fourth-order valence-corrected chi connectivity index (χ4v) is 4.16. The molecule has 0 saturated heterocycles. The molecule has 2 nitrogen and oxygen atoms in total. The number of rotatable bonds is 4. The summed E-state index contributed by atoms with van der Waals surface area (Å²) in [6, 6.07) is 8.83. The van der Waals surface area contributed by atoms with E-state index in [1.54, 1.807) is 11.8 Å². The minimum absolute atomic E-state index is 0.197. The number of carbonyl (C=O) groups is 1. The van der Waals surface area contributed by atoms with Crippen molar-refractivity contribution >= 4 is 17.7 Å². The van der Waals surface area contributed by atoms with Crippen molar-refractivity contribution in [3.8, 4) is 0 Å². The lowest BCUT2D eigenvalue weighted by Gasteiger charge is -2.22. The number of benzene rings is 1. The normalized spacial score (nSPS) is 28.6. The molecule has 1 aromatic carbocycles. The van der Waals surface area contributed by atoms with Gasteiger partial charge in [-0.3, -0.25) is 4.79 Å². The zero-order valence-corrected chi connectivity index (χ0v) is 12.2. The van der Waals surface area contributed by atoms with Crippen molar-refractivity contribution in [3.05, 3.63) is 29.8 Å². The predicted octanol–water partition coefficient (Wildman–Crippen LogP) is 3.39. The molecule has 0 heterocycles. The summed E-state index contributed by atoms with van der Waals surface area (Å²) in [6.45, 7) is 2.08. The summed E-state index contributed by atoms with van der Waals surface area (Å²) in [6.07, 6.45) is 5.26. The minimum Gasteiger partial charge on any atom is -0.352 e. The first-order chi connectivity index (χ1) is 9.20. The van der Waals surface area contributed by atoms with Gasteiger partial charge in [-0.1, -0.05) is 24.1 Å². The lowest BCUT2D eigenvalue weighted by Crippen LogP contribution is -2.39. The van der Waals surface area contributed by atoms with Gasteiger partial charge in [0.15, 0.2) is 0 Å². The number of hydrogen-bond donors (Lipinski definition) is 1. The molecule has 0 spiro atoms. The molecule has 1 amide bonds. The van der Waals surface area contributed by atoms with Crippen molar-refractivity contribution in [1.29, 1.82) is 0 Å². The molecular weight excluding hydrogens is 254 g/mol. The molecule has 3 heteroatoms. The van der Waals surface area contributed by atoms with Crippen LogP contribution in [0.3, 0.4) is 0 Å². The molecule has 2 fully saturated rings. The summed E-state index contributed by atoms with van der Waals surface area (Å²) in [4.78, 5) is 13.2. The van der Waals surface area contributed by atoms with Gasteiger partial charge in [-0.2, -0.15) is 0 Å². The molecule has 2 bridgehead atoms. The first-order valence-electron chi connectivity index (χ1n) is 7.19. The summed E-state index contributed by atoms with van der Waals surface area (Å²) in [7, 11) is 0. The quantitative estimate of drug-likeness (QED) is 0.853. The molecule has 2 aliphatic carbocycles. The standard InChI is InChI=1S/C16H21NOS/c1-11-2-6-14(7-3-11)19-10-16(18)17-15-9-12-4-5-13(15)8-12/h2-3,6-7,12-13,15H,4-5,8-10H2,1H3,(H,17,18)/t12-,13+,15+/m0/s1. The van der Waals surface area contributed by atoms with Crippen LogP contribution in [-0.2, 0) is 4.79 Å². The molecule has 1 N–H and O–H groups in total. The molecule has 0 aromatic heterocycles. The fraction of sp³-hybridized carbons (Fsp3) is 0.562. The van der Waals surface area contributed by atoms with E-state index in [0.29, 0.717) is 11.8 Å². The van der Waals surface area contributed by atoms with Gasteiger partial charge in [-0.25, -0.2) is 0 Å². The molecule has 1 aromatic rings. The molecule has 3 atom stereocenters. The third-order valence-corrected chi connectivity index (χ3v) is 5.49. The lowest BCUT2D eigenvalue weighted by atomic mass is 9.95. The van der Waals surface area contributed by atoms with E-state index in [1.807, 2.05) is 0 Å². The number of aryl methyl sites for hydroxylation is 1. The maximum atomic E-state index is 12.0. The van der Waals surface area contributed by atoms with E-state index in [0.717, 1.165) is 11.8 Å². The molecule has 102 valence electrons. The van der Waals surface area contributed by atoms with E-state index in [1.165, 1.54) is 36.1 Å². The summed E-state index contributed by atoms with van der Waals surface area (Å²) in [5.74, 6) is 2.39. The minimum atomic E-state index is 0.197. The third-order valence-electron chi connectivity index (χ3n) is 4.48. The third kappa shape index (κ3) is 3.14. The number of fused-ring (bicyclic) bond motifs is 2. The largest absolute Gasteiger partial charge is 0.352 e. The molecule has 0 radical (unpaired) electrons. The van der Waals surface area contributed by atoms with Crippen LogP contribution < -0.4 is 5.32 Å². The first-order valence-corrected chi connectivity index (χ1v) is 8.18. The zero-order valence-electron chi connectivity index (χ0n) is 11.4. The Bertz CT molecular complexity index is 456. The Labute approximate surface area is 119 Å². The molecule has 3 rings (SSSR count). The van der Waals surface area contributed by atoms with Crippen molar-refractivity contribution in [2.24, 2.45) is 11.8 Å². The Morgan fingerprint density at radius 3 is 2.68 bits per heavy atom. The summed E-state index contributed by atoms with van der Waals surface area (Å²) >= 11 is 1.63. The second-order valence-electron chi connectivity index (χ2n) is 5.95. The number of thioether (sulfide) groups is 1. The van der Waals surface area contributed by atoms with E-state index < -0.39 is 0 Å². The van der Waals surface area contributed by atoms with Gasteiger partial charge < -0.3 is 5.32 Å². The van der Waals surface area contributed by atoms with Gasteiger partial charge in [-0.05, 0) is 50.2 Å². The highest BCUT2D eigenvalue weighted by molar-refractivity contribution is 8.00. The maximum Gasteiger partial charge on any atom is 0.230 e. The van der Waals surface area contributed by atoms with Gasteiger partial charge in [0, 0.05) is 10.9 Å². The van der Waals surface area contributed by atoms with Crippen molar-refractivity contribution < 1.29 is 4.79 Å². The fourth-order valence-electron chi connectivity index (χ4n) is 3.45. The van der Waals surface area contributed by atoms with Crippen molar-refractivity contribution in [2.45, 2.75) is 43.5 Å². The highest BCUT2D eigenvalue weighted by atomic mass is 32.2. The maximum absolute atomic E-state index is 12.0. The molecule has 2 aliphatic rings. The lowest BCUT2D eigenvalue weighted by molar-refractivity contribution is -0.119. The van der Waals surface area contributed by atoms with E-state index in [2.05, 4.69) is 36.5 Å². The van der Waals surface area contributed by atoms with Gasteiger partial charge >= 0.3 is 0 Å². The summed E-state index contributed by atoms with van der Waals surface area (Å²) < 4.78 is 0. The van der Waals surface area contributed by atoms with Crippen LogP contribution in [0.1, 0.15) is 31.2 Å². The second kappa shape index (κ2) is 5.58. The Hall–Kier alpha value is -0.960. The number of nitrogens with one attached hydrogen (secondary N) is 1. The molecule has 19 heavy (non-hydrogen) atoms. The summed E-state index contributed by atoms with van der Waals surface area (Å²) in [5, 5.41) is 3.23. The summed E-state index contributed by atoms with van der Waals surface area (Å²) in [5.41, 5.74) is 1.26. The van der Waals surface area contributed by atoms with Crippen molar-refractivity contribution in [2.75, 3.05) is 5.75 Å². The Kier molecular flexibility index (Phi) is 3.83. The molecule has 0 aliphatic heterocycles. The Morgan fingerprint density at radius 2 is 2.05 bits per heavy atom. The molecule has 2 saturated carbocycles. The topological polar surface area (TPSA) is 29.1 Å². The average molecular weight is 275 g/mol. The van der Waals surface area contributed by atoms with Gasteiger partial charge in [0.2, 0.25) is 5.91 Å². The smallest absolute Gasteiger partial charge is 0.230 e. The molecular formula is C16H21NOS. The van der Waals surface area contributed by atoms with E-state index >= 15 is 0 Å². The molecule has 0 unspecified atom stereocenters. The van der Waals surface area contributed by atoms with E-state index in [4.69, 9.17) is 0 Å². The monoisotopic (exact) mass is 275 g/mol. The second-order valence-corrected chi connectivity index (χ2v) is 7.00. The van der Waals surface area contributed by atoms with Gasteiger partial charge in [0.05, 0.1) is 5.75 Å².